The SMILES string of the molecule is CC[C@H](C)[C@H](NC(=O)[C@H](CCC(N)=O)NC(=O)[C@H](CO)NC(=O)[C@H](CCC(=O)O)NC(=O)[C@H](CC(C)C)NC(=O)[C@H](CC(=O)O)NC(=O)[C@H](CCCCN)NC(=O)[C@H](CC(C)C)NC(=O)[C@H](C)N)C(=O)O. The minimum atomic E-state index is -1.88. The summed E-state index contributed by atoms with van der Waals surface area (Å²) in [6.07, 6.45) is -2.27. The van der Waals surface area contributed by atoms with E-state index in [0.29, 0.717) is 19.3 Å². The first kappa shape index (κ1) is 64.5. The van der Waals surface area contributed by atoms with E-state index in [4.69, 9.17) is 17.2 Å². The fourth-order valence-corrected chi connectivity index (χ4v) is 6.71. The number of amides is 9. The topological polar surface area (TPSA) is 460 Å². The van der Waals surface area contributed by atoms with Crippen molar-refractivity contribution in [1.82, 2.24) is 42.5 Å². The van der Waals surface area contributed by atoms with Gasteiger partial charge in [-0.15, -0.1) is 0 Å². The average Bonchev–Trinajstić information content (AvgIpc) is 3.27. The number of rotatable bonds is 36. The monoisotopic (exact) mass is 1020 g/mol. The summed E-state index contributed by atoms with van der Waals surface area (Å²) in [6, 6.07) is -13.6. The molecule has 0 aliphatic heterocycles. The molecule has 0 unspecified atom stereocenters. The number of hydrogen-bond donors (Lipinski definition) is 15. The molecule has 71 heavy (non-hydrogen) atoms. The van der Waals surface area contributed by atoms with Gasteiger partial charge in [-0.3, -0.25) is 52.7 Å². The van der Waals surface area contributed by atoms with Crippen LogP contribution in [0.5, 0.6) is 0 Å². The third-order valence-corrected chi connectivity index (χ3v) is 10.9. The molecule has 0 aromatic rings. The van der Waals surface area contributed by atoms with Crippen LogP contribution in [0.2, 0.25) is 0 Å². The predicted molar refractivity (Wildman–Crippen MR) is 253 cm³/mol. The average molecular weight is 1020 g/mol. The first-order valence-electron chi connectivity index (χ1n) is 23.5. The van der Waals surface area contributed by atoms with Crippen molar-refractivity contribution in [3.63, 3.8) is 0 Å². The number of aliphatic hydroxyl groups is 1. The minimum absolute atomic E-state index is 0.0282. The molecule has 0 saturated carbocycles. The Morgan fingerprint density at radius 1 is 0.479 bits per heavy atom. The highest BCUT2D eigenvalue weighted by Gasteiger charge is 2.36. The predicted octanol–water partition coefficient (Wildman–Crippen LogP) is -3.84. The Hall–Kier alpha value is -6.48. The number of carboxylic acid groups (broad SMARTS) is 3. The van der Waals surface area contributed by atoms with Gasteiger partial charge in [-0.2, -0.15) is 0 Å². The molecule has 0 aromatic carbocycles. The summed E-state index contributed by atoms with van der Waals surface area (Å²) in [6.45, 7) is 10.6. The molecule has 0 fully saturated rings. The lowest BCUT2D eigenvalue weighted by Gasteiger charge is -2.28. The maximum Gasteiger partial charge on any atom is 0.326 e. The number of primary amides is 1. The van der Waals surface area contributed by atoms with Crippen LogP contribution in [0.15, 0.2) is 0 Å². The maximum absolute atomic E-state index is 13.9. The molecule has 0 aliphatic rings. The van der Waals surface area contributed by atoms with E-state index in [2.05, 4.69) is 42.5 Å². The van der Waals surface area contributed by atoms with E-state index >= 15 is 0 Å². The van der Waals surface area contributed by atoms with Gasteiger partial charge in [-0.1, -0.05) is 48.0 Å². The summed E-state index contributed by atoms with van der Waals surface area (Å²) >= 11 is 0. The van der Waals surface area contributed by atoms with E-state index in [1.807, 2.05) is 0 Å². The zero-order valence-electron chi connectivity index (χ0n) is 41.5. The van der Waals surface area contributed by atoms with Crippen LogP contribution in [0.25, 0.3) is 0 Å². The lowest BCUT2D eigenvalue weighted by molar-refractivity contribution is -0.144. The first-order chi connectivity index (χ1) is 33.1. The van der Waals surface area contributed by atoms with Gasteiger partial charge in [0.15, 0.2) is 0 Å². The number of nitrogens with one attached hydrogen (secondary N) is 8. The number of carbonyl (C=O) groups is 12. The molecule has 0 rings (SSSR count). The summed E-state index contributed by atoms with van der Waals surface area (Å²) in [7, 11) is 0. The second-order valence-corrected chi connectivity index (χ2v) is 18.2. The van der Waals surface area contributed by atoms with Crippen LogP contribution in [0.1, 0.15) is 119 Å². The van der Waals surface area contributed by atoms with Crippen molar-refractivity contribution in [3.8, 4) is 0 Å². The molecule has 10 atom stereocenters. The van der Waals surface area contributed by atoms with Crippen molar-refractivity contribution in [2.45, 2.75) is 173 Å². The van der Waals surface area contributed by atoms with E-state index in [1.54, 1.807) is 41.5 Å². The molecule has 404 valence electrons. The zero-order valence-corrected chi connectivity index (χ0v) is 41.5. The van der Waals surface area contributed by atoms with Crippen molar-refractivity contribution in [3.05, 3.63) is 0 Å². The highest BCUT2D eigenvalue weighted by atomic mass is 16.4. The molecule has 27 heteroatoms. The summed E-state index contributed by atoms with van der Waals surface area (Å²) in [5.41, 5.74) is 16.5. The van der Waals surface area contributed by atoms with Gasteiger partial charge >= 0.3 is 17.9 Å². The lowest BCUT2D eigenvalue weighted by atomic mass is 9.98. The Kier molecular flexibility index (Phi) is 30.1. The van der Waals surface area contributed by atoms with E-state index in [1.165, 1.54) is 6.92 Å². The largest absolute Gasteiger partial charge is 0.481 e. The molecule has 0 saturated heterocycles. The van der Waals surface area contributed by atoms with Crippen LogP contribution in [0, 0.1) is 17.8 Å². The molecule has 9 amide bonds. The smallest absolute Gasteiger partial charge is 0.326 e. The Bertz CT molecular complexity index is 1850. The number of hydrogen-bond acceptors (Lipinski definition) is 15. The van der Waals surface area contributed by atoms with Crippen molar-refractivity contribution in [2.75, 3.05) is 13.2 Å². The third-order valence-electron chi connectivity index (χ3n) is 10.9. The molecule has 0 bridgehead atoms. The van der Waals surface area contributed by atoms with Crippen LogP contribution >= 0.6 is 0 Å². The molecule has 27 nitrogen and oxygen atoms in total. The Labute approximate surface area is 412 Å². The standard InChI is InChI=1S/C44H77N11O16/c1-8-23(6)35(44(70)71)55-39(65)26(12-14-32(47)57)50-43(69)31(20-56)54-38(64)27(13-15-33(58)59)49-41(67)29(18-22(4)5)52-42(68)30(19-34(60)61)53-37(63)25(11-9-10-16-45)48-40(66)28(17-21(2)3)51-36(62)24(7)46/h21-31,35,56H,8-20,45-46H2,1-7H3,(H2,47,57)(H,48,66)(H,49,67)(H,50,69)(H,51,62)(H,52,68)(H,53,63)(H,54,64)(H,55,65)(H,58,59)(H,60,61)(H,70,71)/t23-,24-,25-,26-,27-,28-,29-,30-,31-,35-/m0/s1. The quantitative estimate of drug-likeness (QED) is 0.0267. The van der Waals surface area contributed by atoms with Crippen molar-refractivity contribution in [1.29, 1.82) is 0 Å². The molecular formula is C44H77N11O16. The van der Waals surface area contributed by atoms with Crippen molar-refractivity contribution < 1.29 is 78.0 Å². The molecular weight excluding hydrogens is 939 g/mol. The lowest BCUT2D eigenvalue weighted by Crippen LogP contribution is -2.61. The molecule has 0 aromatic heterocycles. The molecule has 0 aliphatic carbocycles. The second-order valence-electron chi connectivity index (χ2n) is 18.2. The minimum Gasteiger partial charge on any atom is -0.481 e. The van der Waals surface area contributed by atoms with Gasteiger partial charge < -0.3 is 80.2 Å². The van der Waals surface area contributed by atoms with Crippen LogP contribution in [0.3, 0.4) is 0 Å². The third kappa shape index (κ3) is 25.8. The molecule has 0 radical (unpaired) electrons. The van der Waals surface area contributed by atoms with Gasteiger partial charge in [-0.25, -0.2) is 4.79 Å². The van der Waals surface area contributed by atoms with Crippen molar-refractivity contribution in [2.24, 2.45) is 35.0 Å². The fraction of sp³-hybridized carbons (Fsp3) is 0.727. The number of nitrogens with two attached hydrogens (primary N) is 3. The van der Waals surface area contributed by atoms with Gasteiger partial charge in [0.1, 0.15) is 48.3 Å². The van der Waals surface area contributed by atoms with E-state index in [0.717, 1.165) is 0 Å². The molecule has 18 N–H and O–H groups in total. The number of aliphatic hydroxyl groups excluding tert-OH is 1. The normalized spacial score (nSPS) is 15.4. The van der Waals surface area contributed by atoms with Crippen LogP contribution in [-0.4, -0.2) is 159 Å². The van der Waals surface area contributed by atoms with E-state index < -0.39 is 170 Å². The summed E-state index contributed by atoms with van der Waals surface area (Å²) in [5.74, 6) is -14.5. The van der Waals surface area contributed by atoms with E-state index in [-0.39, 0.29) is 37.6 Å². The Balaban J connectivity index is 6.65. The fourth-order valence-electron chi connectivity index (χ4n) is 6.71. The van der Waals surface area contributed by atoms with Crippen LogP contribution in [-0.2, 0) is 57.5 Å². The second kappa shape index (κ2) is 33.2. The van der Waals surface area contributed by atoms with Gasteiger partial charge in [0.2, 0.25) is 53.2 Å². The van der Waals surface area contributed by atoms with Crippen molar-refractivity contribution >= 4 is 71.1 Å². The Morgan fingerprint density at radius 3 is 1.25 bits per heavy atom. The van der Waals surface area contributed by atoms with Gasteiger partial charge in [0.05, 0.1) is 19.1 Å². The highest BCUT2D eigenvalue weighted by Crippen LogP contribution is 2.13. The molecule has 0 spiro atoms. The number of carbonyl (C=O) groups excluding carboxylic acids is 9. The highest BCUT2D eigenvalue weighted by molar-refractivity contribution is 5.99. The molecule has 0 heterocycles. The van der Waals surface area contributed by atoms with Gasteiger partial charge in [0, 0.05) is 12.8 Å². The Morgan fingerprint density at radius 2 is 0.859 bits per heavy atom. The summed E-state index contributed by atoms with van der Waals surface area (Å²) in [4.78, 5) is 155. The summed E-state index contributed by atoms with van der Waals surface area (Å²) in [5, 5.41) is 57.8. The number of unbranched alkanes of at least 4 members (excludes halogenated alkanes) is 1. The van der Waals surface area contributed by atoms with Crippen LogP contribution < -0.4 is 59.7 Å². The summed E-state index contributed by atoms with van der Waals surface area (Å²) < 4.78 is 0. The number of aliphatic carboxylic acids is 3. The number of carboxylic acids is 3. The van der Waals surface area contributed by atoms with Crippen LogP contribution in [0.4, 0.5) is 0 Å². The van der Waals surface area contributed by atoms with E-state index in [9.17, 15) is 78.0 Å². The van der Waals surface area contributed by atoms with Gasteiger partial charge in [0.25, 0.3) is 0 Å². The van der Waals surface area contributed by atoms with Gasteiger partial charge in [-0.05, 0) is 76.2 Å². The first-order valence-corrected chi connectivity index (χ1v) is 23.5. The maximum atomic E-state index is 13.9. The zero-order chi connectivity index (χ0) is 54.7.